The number of rotatable bonds is 2. The van der Waals surface area contributed by atoms with Crippen molar-refractivity contribution in [3.63, 3.8) is 0 Å². The van der Waals surface area contributed by atoms with Gasteiger partial charge < -0.3 is 5.73 Å². The molecular weight excluding hydrogens is 333 g/mol. The van der Waals surface area contributed by atoms with Gasteiger partial charge in [-0.15, -0.1) is 0 Å². The lowest BCUT2D eigenvalue weighted by Gasteiger charge is -2.04. The molecule has 2 N–H and O–H groups in total. The zero-order valence-corrected chi connectivity index (χ0v) is 12.9. The number of nitrogens with zero attached hydrogens (tertiary/aromatic N) is 2. The number of anilines is 1. The van der Waals surface area contributed by atoms with Crippen molar-refractivity contribution in [1.82, 2.24) is 9.78 Å². The number of para-hydroxylation sites is 1. The van der Waals surface area contributed by atoms with E-state index in [1.807, 2.05) is 31.2 Å². The maximum Gasteiger partial charge on any atom is 0.137 e. The number of hydrogen-bond acceptors (Lipinski definition) is 2. The molecule has 2 aromatic carbocycles. The van der Waals surface area contributed by atoms with Gasteiger partial charge in [-0.3, -0.25) is 0 Å². The van der Waals surface area contributed by atoms with E-state index in [1.165, 1.54) is 6.07 Å². The summed E-state index contributed by atoms with van der Waals surface area (Å²) in [6.07, 6.45) is 1.77. The Hall–Kier alpha value is -2.14. The van der Waals surface area contributed by atoms with Gasteiger partial charge in [0.15, 0.2) is 0 Å². The number of nitrogen functional groups attached to an aromatic ring is 1. The van der Waals surface area contributed by atoms with Crippen LogP contribution in [0.15, 0.2) is 53.1 Å². The van der Waals surface area contributed by atoms with Gasteiger partial charge in [-0.05, 0) is 52.7 Å². The van der Waals surface area contributed by atoms with Gasteiger partial charge in [0.25, 0.3) is 0 Å². The van der Waals surface area contributed by atoms with Crippen LogP contribution >= 0.6 is 15.9 Å². The smallest absolute Gasteiger partial charge is 0.137 e. The van der Waals surface area contributed by atoms with Crippen molar-refractivity contribution in [2.45, 2.75) is 6.92 Å². The normalized spacial score (nSPS) is 10.8. The zero-order valence-electron chi connectivity index (χ0n) is 11.3. The highest BCUT2D eigenvalue weighted by Crippen LogP contribution is 2.29. The molecule has 3 aromatic rings. The van der Waals surface area contributed by atoms with Crippen LogP contribution in [0, 0.1) is 12.7 Å². The molecule has 0 amide bonds. The molecule has 5 heteroatoms. The monoisotopic (exact) mass is 345 g/mol. The topological polar surface area (TPSA) is 43.8 Å². The lowest BCUT2D eigenvalue weighted by Crippen LogP contribution is -1.97. The van der Waals surface area contributed by atoms with Crippen LogP contribution in [0.4, 0.5) is 10.1 Å². The third kappa shape index (κ3) is 2.56. The van der Waals surface area contributed by atoms with Crippen molar-refractivity contribution < 1.29 is 4.39 Å². The van der Waals surface area contributed by atoms with Gasteiger partial charge in [0.05, 0.1) is 22.0 Å². The highest BCUT2D eigenvalue weighted by atomic mass is 79.9. The molecule has 3 rings (SSSR count). The van der Waals surface area contributed by atoms with Crippen LogP contribution in [0.5, 0.6) is 0 Å². The average molecular weight is 346 g/mol. The van der Waals surface area contributed by atoms with E-state index in [4.69, 9.17) is 5.73 Å². The highest BCUT2D eigenvalue weighted by molar-refractivity contribution is 9.10. The second-order valence-electron chi connectivity index (χ2n) is 4.79. The maximum absolute atomic E-state index is 13.3. The van der Waals surface area contributed by atoms with Crippen LogP contribution in [0.1, 0.15) is 5.56 Å². The van der Waals surface area contributed by atoms with Crippen molar-refractivity contribution in [2.24, 2.45) is 0 Å². The van der Waals surface area contributed by atoms with E-state index in [9.17, 15) is 4.39 Å². The molecule has 0 atom stereocenters. The fraction of sp³-hybridized carbons (Fsp3) is 0.0625. The van der Waals surface area contributed by atoms with Crippen LogP contribution in [-0.4, -0.2) is 9.78 Å². The summed E-state index contributed by atoms with van der Waals surface area (Å²) in [5, 5.41) is 4.53. The second kappa shape index (κ2) is 5.33. The minimum absolute atomic E-state index is 0.310. The standard InChI is InChI=1S/C16H13BrFN3/c1-10-4-2-3-5-15(10)21-9-14(19)16(20-21)11-6-7-13(18)12(17)8-11/h2-9H,19H2,1H3. The van der Waals surface area contributed by atoms with Gasteiger partial charge >= 0.3 is 0 Å². The summed E-state index contributed by atoms with van der Waals surface area (Å²) in [7, 11) is 0. The van der Waals surface area contributed by atoms with Gasteiger partial charge in [0.1, 0.15) is 11.5 Å². The highest BCUT2D eigenvalue weighted by Gasteiger charge is 2.12. The first-order chi connectivity index (χ1) is 10.1. The molecule has 0 aliphatic heterocycles. The molecule has 3 nitrogen and oxygen atoms in total. The van der Waals surface area contributed by atoms with Gasteiger partial charge in [0.2, 0.25) is 0 Å². The maximum atomic E-state index is 13.3. The Kier molecular flexibility index (Phi) is 3.51. The molecule has 0 aliphatic carbocycles. The number of aromatic nitrogens is 2. The van der Waals surface area contributed by atoms with Crippen molar-refractivity contribution in [2.75, 3.05) is 5.73 Å². The summed E-state index contributed by atoms with van der Waals surface area (Å²) in [6, 6.07) is 12.7. The predicted octanol–water partition coefficient (Wildman–Crippen LogP) is 4.33. The molecule has 0 unspecified atom stereocenters. The minimum atomic E-state index is -0.310. The fourth-order valence-corrected chi connectivity index (χ4v) is 2.58. The fourth-order valence-electron chi connectivity index (χ4n) is 2.20. The summed E-state index contributed by atoms with van der Waals surface area (Å²) in [5.74, 6) is -0.310. The summed E-state index contributed by atoms with van der Waals surface area (Å²) < 4.78 is 15.5. The molecule has 0 radical (unpaired) electrons. The molecule has 1 heterocycles. The number of nitrogens with two attached hydrogens (primary N) is 1. The summed E-state index contributed by atoms with van der Waals surface area (Å²) >= 11 is 3.18. The summed E-state index contributed by atoms with van der Waals surface area (Å²) in [4.78, 5) is 0. The summed E-state index contributed by atoms with van der Waals surface area (Å²) in [5.41, 5.74) is 10.1. The molecule has 0 saturated carbocycles. The molecule has 0 bridgehead atoms. The molecule has 1 aromatic heterocycles. The van der Waals surface area contributed by atoms with Gasteiger partial charge in [0, 0.05) is 5.56 Å². The van der Waals surface area contributed by atoms with E-state index in [2.05, 4.69) is 21.0 Å². The molecule has 0 spiro atoms. The zero-order chi connectivity index (χ0) is 15.0. The van der Waals surface area contributed by atoms with Gasteiger partial charge in [-0.1, -0.05) is 18.2 Å². The Morgan fingerprint density at radius 1 is 1.19 bits per heavy atom. The Bertz CT molecular complexity index is 811. The Morgan fingerprint density at radius 3 is 2.67 bits per heavy atom. The lowest BCUT2D eigenvalue weighted by molar-refractivity contribution is 0.621. The van der Waals surface area contributed by atoms with Crippen LogP contribution in [0.25, 0.3) is 16.9 Å². The van der Waals surface area contributed by atoms with Crippen LogP contribution in [0.2, 0.25) is 0 Å². The van der Waals surface area contributed by atoms with Crippen molar-refractivity contribution in [3.8, 4) is 16.9 Å². The first kappa shape index (κ1) is 13.8. The van der Waals surface area contributed by atoms with Crippen molar-refractivity contribution in [3.05, 3.63) is 64.5 Å². The van der Waals surface area contributed by atoms with Crippen LogP contribution < -0.4 is 5.73 Å². The minimum Gasteiger partial charge on any atom is -0.396 e. The summed E-state index contributed by atoms with van der Waals surface area (Å²) in [6.45, 7) is 2.02. The number of halogens is 2. The number of aryl methyl sites for hydroxylation is 1. The van der Waals surface area contributed by atoms with E-state index >= 15 is 0 Å². The first-order valence-corrected chi connectivity index (χ1v) is 7.22. The van der Waals surface area contributed by atoms with E-state index < -0.39 is 0 Å². The number of hydrogen-bond donors (Lipinski definition) is 1. The first-order valence-electron chi connectivity index (χ1n) is 6.43. The Labute approximate surface area is 130 Å². The van der Waals surface area contributed by atoms with Crippen LogP contribution in [-0.2, 0) is 0 Å². The lowest BCUT2D eigenvalue weighted by atomic mass is 10.1. The molecule has 0 saturated heterocycles. The average Bonchev–Trinajstić information content (AvgIpc) is 2.84. The molecular formula is C16H13BrFN3. The molecule has 106 valence electrons. The van der Waals surface area contributed by atoms with Crippen molar-refractivity contribution >= 4 is 21.6 Å². The Morgan fingerprint density at radius 2 is 1.95 bits per heavy atom. The van der Waals surface area contributed by atoms with Crippen molar-refractivity contribution in [1.29, 1.82) is 0 Å². The van der Waals surface area contributed by atoms with Gasteiger partial charge in [-0.2, -0.15) is 5.10 Å². The van der Waals surface area contributed by atoms with E-state index in [0.717, 1.165) is 16.8 Å². The second-order valence-corrected chi connectivity index (χ2v) is 5.65. The van der Waals surface area contributed by atoms with Crippen LogP contribution in [0.3, 0.4) is 0 Å². The third-order valence-electron chi connectivity index (χ3n) is 3.30. The third-order valence-corrected chi connectivity index (χ3v) is 3.91. The molecule has 0 fully saturated rings. The molecule has 21 heavy (non-hydrogen) atoms. The van der Waals surface area contributed by atoms with Gasteiger partial charge in [-0.25, -0.2) is 9.07 Å². The van der Waals surface area contributed by atoms with E-state index in [-0.39, 0.29) is 5.82 Å². The number of benzene rings is 2. The molecule has 0 aliphatic rings. The largest absolute Gasteiger partial charge is 0.396 e. The SMILES string of the molecule is Cc1ccccc1-n1cc(N)c(-c2ccc(F)c(Br)c2)n1. The predicted molar refractivity (Wildman–Crippen MR) is 85.8 cm³/mol. The van der Waals surface area contributed by atoms with E-state index in [0.29, 0.717) is 15.9 Å². The van der Waals surface area contributed by atoms with E-state index in [1.54, 1.807) is 23.0 Å². The quantitative estimate of drug-likeness (QED) is 0.751. The Balaban J connectivity index is 2.10.